The monoisotopic (exact) mass is 496 g/mol. The quantitative estimate of drug-likeness (QED) is 0.402. The number of anilines is 1. The number of ether oxygens (including phenoxy) is 2. The molecule has 3 aromatic rings. The van der Waals surface area contributed by atoms with E-state index in [0.29, 0.717) is 46.6 Å². The fourth-order valence-corrected chi connectivity index (χ4v) is 3.84. The summed E-state index contributed by atoms with van der Waals surface area (Å²) >= 11 is 5.87. The average molecular weight is 497 g/mol. The van der Waals surface area contributed by atoms with Gasteiger partial charge < -0.3 is 18.8 Å². The number of nitrogens with zero attached hydrogens (tertiary/aromatic N) is 2. The van der Waals surface area contributed by atoms with Gasteiger partial charge >= 0.3 is 0 Å². The fraction of sp³-hybridized carbons (Fsp3) is 0.269. The van der Waals surface area contributed by atoms with Crippen LogP contribution in [0.4, 0.5) is 5.69 Å². The van der Waals surface area contributed by atoms with Crippen molar-refractivity contribution in [3.05, 3.63) is 76.7 Å². The van der Waals surface area contributed by atoms with Crippen LogP contribution >= 0.6 is 11.6 Å². The van der Waals surface area contributed by atoms with E-state index < -0.39 is 0 Å². The first kappa shape index (κ1) is 24.3. The van der Waals surface area contributed by atoms with Gasteiger partial charge in [0.05, 0.1) is 12.2 Å². The van der Waals surface area contributed by atoms with Gasteiger partial charge in [-0.1, -0.05) is 11.6 Å². The van der Waals surface area contributed by atoms with Crippen LogP contribution in [0.25, 0.3) is 0 Å². The van der Waals surface area contributed by atoms with Crippen LogP contribution in [0.15, 0.2) is 59.0 Å². The van der Waals surface area contributed by atoms with Crippen LogP contribution in [-0.2, 0) is 11.3 Å². The van der Waals surface area contributed by atoms with Gasteiger partial charge in [-0.2, -0.15) is 0 Å². The third-order valence-corrected chi connectivity index (χ3v) is 5.90. The molecule has 0 saturated carbocycles. The number of ketones is 1. The topological polar surface area (TPSA) is 89.3 Å². The summed E-state index contributed by atoms with van der Waals surface area (Å²) in [5.41, 5.74) is 0.824. The molecule has 0 N–H and O–H groups in total. The number of furan rings is 1. The van der Waals surface area contributed by atoms with Crippen molar-refractivity contribution in [1.29, 1.82) is 0 Å². The summed E-state index contributed by atoms with van der Waals surface area (Å²) < 4.78 is 16.8. The van der Waals surface area contributed by atoms with Crippen molar-refractivity contribution in [2.45, 2.75) is 20.4 Å². The summed E-state index contributed by atoms with van der Waals surface area (Å²) in [7, 11) is 0. The van der Waals surface area contributed by atoms with E-state index >= 15 is 0 Å². The normalized spacial score (nSPS) is 12.7. The number of carbonyl (C=O) groups excluding carboxylic acids is 3. The Morgan fingerprint density at radius 3 is 2.51 bits per heavy atom. The minimum absolute atomic E-state index is 0.0969. The Kier molecular flexibility index (Phi) is 7.41. The van der Waals surface area contributed by atoms with Gasteiger partial charge in [0.15, 0.2) is 24.8 Å². The molecular weight excluding hydrogens is 472 g/mol. The van der Waals surface area contributed by atoms with Gasteiger partial charge in [-0.3, -0.25) is 19.3 Å². The number of Topliss-reactive ketones (excluding diaryl/α,β-unsaturated/α-hetero) is 1. The highest BCUT2D eigenvalue weighted by Crippen LogP contribution is 2.34. The van der Waals surface area contributed by atoms with Crippen molar-refractivity contribution in [2.24, 2.45) is 0 Å². The minimum Gasteiger partial charge on any atom is -0.485 e. The number of hydrogen-bond donors (Lipinski definition) is 0. The Bertz CT molecular complexity index is 1230. The molecule has 8 nitrogen and oxygen atoms in total. The molecule has 0 fully saturated rings. The molecule has 0 unspecified atom stereocenters. The van der Waals surface area contributed by atoms with Gasteiger partial charge in [0.2, 0.25) is 0 Å². The summed E-state index contributed by atoms with van der Waals surface area (Å²) in [5.74, 6) is 0.916. The van der Waals surface area contributed by atoms with E-state index in [2.05, 4.69) is 0 Å². The van der Waals surface area contributed by atoms with Crippen LogP contribution in [-0.4, -0.2) is 48.8 Å². The first-order valence-electron chi connectivity index (χ1n) is 11.3. The largest absolute Gasteiger partial charge is 0.485 e. The van der Waals surface area contributed by atoms with Gasteiger partial charge in [0.1, 0.15) is 17.3 Å². The van der Waals surface area contributed by atoms with Gasteiger partial charge in [0.25, 0.3) is 11.8 Å². The third kappa shape index (κ3) is 5.49. The maximum absolute atomic E-state index is 12.8. The second kappa shape index (κ2) is 10.7. The molecule has 2 heterocycles. The molecule has 9 heteroatoms. The molecule has 35 heavy (non-hydrogen) atoms. The second-order valence-electron chi connectivity index (χ2n) is 7.86. The lowest BCUT2D eigenvalue weighted by Crippen LogP contribution is -2.38. The lowest BCUT2D eigenvalue weighted by molar-refractivity contribution is -0.121. The number of carbonyl (C=O) groups is 3. The standard InChI is InChI=1S/C26H25ClN2O6/c1-3-28(4-2)26(32)24-12-10-20(35-24)14-29-21-13-17(5-11-23(21)34-16-25(29)31)22(30)15-33-19-8-6-18(27)7-9-19/h5-13H,3-4,14-16H2,1-2H3. The van der Waals surface area contributed by atoms with Gasteiger partial charge in [-0.05, 0) is 68.4 Å². The molecular formula is C26H25ClN2O6. The van der Waals surface area contributed by atoms with Gasteiger partial charge in [-0.25, -0.2) is 0 Å². The maximum Gasteiger partial charge on any atom is 0.289 e. The summed E-state index contributed by atoms with van der Waals surface area (Å²) in [4.78, 5) is 41.1. The average Bonchev–Trinajstić information content (AvgIpc) is 3.34. The third-order valence-electron chi connectivity index (χ3n) is 5.64. The van der Waals surface area contributed by atoms with Crippen LogP contribution < -0.4 is 14.4 Å². The second-order valence-corrected chi connectivity index (χ2v) is 8.30. The summed E-state index contributed by atoms with van der Waals surface area (Å²) in [6.45, 7) is 4.72. The van der Waals surface area contributed by atoms with Crippen LogP contribution in [0.1, 0.15) is 40.5 Å². The Morgan fingerprint density at radius 2 is 1.80 bits per heavy atom. The zero-order valence-electron chi connectivity index (χ0n) is 19.5. The lowest BCUT2D eigenvalue weighted by atomic mass is 10.1. The number of fused-ring (bicyclic) bond motifs is 1. The molecule has 0 spiro atoms. The first-order chi connectivity index (χ1) is 16.9. The predicted octanol–water partition coefficient (Wildman–Crippen LogP) is 4.60. The molecule has 0 atom stereocenters. The summed E-state index contributed by atoms with van der Waals surface area (Å²) in [5, 5.41) is 0.573. The Hall–Kier alpha value is -3.78. The Morgan fingerprint density at radius 1 is 1.06 bits per heavy atom. The molecule has 0 radical (unpaired) electrons. The molecule has 182 valence electrons. The summed E-state index contributed by atoms with van der Waals surface area (Å²) in [6, 6.07) is 14.9. The van der Waals surface area contributed by atoms with Gasteiger partial charge in [-0.15, -0.1) is 0 Å². The zero-order chi connectivity index (χ0) is 24.9. The van der Waals surface area contributed by atoms with Crippen molar-refractivity contribution in [1.82, 2.24) is 4.90 Å². The smallest absolute Gasteiger partial charge is 0.289 e. The van der Waals surface area contributed by atoms with Crippen molar-refractivity contribution >= 4 is 34.9 Å². The molecule has 1 aliphatic rings. The first-order valence-corrected chi connectivity index (χ1v) is 11.6. The minimum atomic E-state index is -0.285. The number of rotatable bonds is 9. The fourth-order valence-electron chi connectivity index (χ4n) is 3.71. The van der Waals surface area contributed by atoms with Crippen molar-refractivity contribution in [2.75, 3.05) is 31.2 Å². The number of benzene rings is 2. The van der Waals surface area contributed by atoms with Gasteiger partial charge in [0, 0.05) is 23.7 Å². The lowest BCUT2D eigenvalue weighted by Gasteiger charge is -2.29. The molecule has 2 aromatic carbocycles. The molecule has 0 aliphatic carbocycles. The Labute approximate surface area is 208 Å². The molecule has 0 bridgehead atoms. The number of hydrogen-bond acceptors (Lipinski definition) is 6. The number of amides is 2. The molecule has 2 amide bonds. The predicted molar refractivity (Wildman–Crippen MR) is 130 cm³/mol. The molecule has 0 saturated heterocycles. The van der Waals surface area contributed by atoms with E-state index in [0.717, 1.165) is 0 Å². The van der Waals surface area contributed by atoms with Crippen molar-refractivity contribution in [3.8, 4) is 11.5 Å². The van der Waals surface area contributed by atoms with Crippen LogP contribution in [0.3, 0.4) is 0 Å². The molecule has 4 rings (SSSR count). The molecule has 1 aromatic heterocycles. The molecule has 1 aliphatic heterocycles. The van der Waals surface area contributed by atoms with Crippen LogP contribution in [0.5, 0.6) is 11.5 Å². The van der Waals surface area contributed by atoms with E-state index in [1.165, 1.54) is 4.90 Å². The van der Waals surface area contributed by atoms with Crippen LogP contribution in [0, 0.1) is 0 Å². The highest BCUT2D eigenvalue weighted by Gasteiger charge is 2.28. The zero-order valence-corrected chi connectivity index (χ0v) is 20.2. The maximum atomic E-state index is 12.8. The van der Waals surface area contributed by atoms with E-state index in [4.69, 9.17) is 25.5 Å². The SMILES string of the molecule is CCN(CC)C(=O)c1ccc(CN2C(=O)COc3ccc(C(=O)COc4ccc(Cl)cc4)cc32)o1. The van der Waals surface area contributed by atoms with E-state index in [-0.39, 0.29) is 43.1 Å². The summed E-state index contributed by atoms with van der Waals surface area (Å²) in [6.07, 6.45) is 0. The van der Waals surface area contributed by atoms with E-state index in [1.807, 2.05) is 13.8 Å². The Balaban J connectivity index is 1.50. The van der Waals surface area contributed by atoms with Crippen molar-refractivity contribution < 1.29 is 28.3 Å². The number of halogens is 1. The highest BCUT2D eigenvalue weighted by molar-refractivity contribution is 6.30. The van der Waals surface area contributed by atoms with Crippen LogP contribution in [0.2, 0.25) is 5.02 Å². The van der Waals surface area contributed by atoms with E-state index in [1.54, 1.807) is 59.5 Å². The highest BCUT2D eigenvalue weighted by atomic mass is 35.5. The van der Waals surface area contributed by atoms with Crippen molar-refractivity contribution in [3.63, 3.8) is 0 Å². The van der Waals surface area contributed by atoms with E-state index in [9.17, 15) is 14.4 Å².